The number of rotatable bonds is 9. The minimum absolute atomic E-state index is 0. The van der Waals surface area contributed by atoms with E-state index < -0.39 is 17.9 Å². The molecule has 0 aliphatic heterocycles. The summed E-state index contributed by atoms with van der Waals surface area (Å²) in [7, 11) is 0. The molecule has 1 aliphatic rings. The van der Waals surface area contributed by atoms with Crippen LogP contribution in [0.1, 0.15) is 45.2 Å². The van der Waals surface area contributed by atoms with E-state index in [0.717, 1.165) is 12.8 Å². The van der Waals surface area contributed by atoms with Gasteiger partial charge in [-0.3, -0.25) is 9.59 Å². The molecular weight excluding hydrogens is 373 g/mol. The van der Waals surface area contributed by atoms with E-state index >= 15 is 0 Å². The highest BCUT2D eigenvalue weighted by Crippen LogP contribution is 2.30. The van der Waals surface area contributed by atoms with E-state index in [4.69, 9.17) is 10.5 Å². The van der Waals surface area contributed by atoms with Crippen LogP contribution in [0.3, 0.4) is 0 Å². The number of carbonyl (C=O) groups is 2. The minimum Gasteiger partial charge on any atom is -0.490 e. The van der Waals surface area contributed by atoms with E-state index in [2.05, 4.69) is 10.6 Å². The van der Waals surface area contributed by atoms with Crippen molar-refractivity contribution in [1.82, 2.24) is 10.6 Å². The van der Waals surface area contributed by atoms with Gasteiger partial charge in [0.25, 0.3) is 0 Å². The maximum Gasteiger partial charge on any atom is 0.239 e. The smallest absolute Gasteiger partial charge is 0.239 e. The quantitative estimate of drug-likeness (QED) is 0.592. The van der Waals surface area contributed by atoms with E-state index in [0.29, 0.717) is 18.1 Å². The van der Waals surface area contributed by atoms with Crippen molar-refractivity contribution in [1.29, 1.82) is 0 Å². The molecule has 27 heavy (non-hydrogen) atoms. The van der Waals surface area contributed by atoms with Gasteiger partial charge in [-0.1, -0.05) is 19.9 Å². The van der Waals surface area contributed by atoms with Crippen LogP contribution in [0.2, 0.25) is 0 Å². The summed E-state index contributed by atoms with van der Waals surface area (Å²) < 4.78 is 19.6. The van der Waals surface area contributed by atoms with Crippen LogP contribution in [-0.4, -0.2) is 31.0 Å². The van der Waals surface area contributed by atoms with E-state index in [-0.39, 0.29) is 42.4 Å². The monoisotopic (exact) mass is 401 g/mol. The fraction of sp³-hybridized carbons (Fsp3) is 0.579. The first-order chi connectivity index (χ1) is 12.3. The lowest BCUT2D eigenvalue weighted by Crippen LogP contribution is -2.47. The molecule has 0 radical (unpaired) electrons. The zero-order valence-corrected chi connectivity index (χ0v) is 16.8. The number of ether oxygens (including phenoxy) is 1. The minimum atomic E-state index is -0.655. The Balaban J connectivity index is 0.00000364. The van der Waals surface area contributed by atoms with Gasteiger partial charge in [0, 0.05) is 0 Å². The molecule has 0 bridgehead atoms. The van der Waals surface area contributed by atoms with Crippen LogP contribution < -0.4 is 21.1 Å². The first kappa shape index (κ1) is 23.2. The summed E-state index contributed by atoms with van der Waals surface area (Å²) in [6, 6.07) is 3.62. The molecule has 2 rings (SSSR count). The zero-order valence-electron chi connectivity index (χ0n) is 16.0. The molecular formula is C19H29ClFN3O3. The predicted octanol–water partition coefficient (Wildman–Crippen LogP) is 2.31. The standard InChI is InChI=1S/C19H28FN3O3.ClH/c1-11(2)18(21)19(25)22-9-17(24)23-12(3)14-6-7-16(15(20)8-14)26-10-13-4-5-13;/h6-8,11-13,18H,4-5,9-10,21H2,1-3H3,(H,22,25)(H,23,24);1H/t12?,18-;/m0./s1. The van der Waals surface area contributed by atoms with Gasteiger partial charge in [0.15, 0.2) is 11.6 Å². The number of amides is 2. The summed E-state index contributed by atoms with van der Waals surface area (Å²) in [5.41, 5.74) is 6.34. The van der Waals surface area contributed by atoms with Gasteiger partial charge in [0.1, 0.15) is 0 Å². The first-order valence-electron chi connectivity index (χ1n) is 9.02. The highest BCUT2D eigenvalue weighted by Gasteiger charge is 2.23. The van der Waals surface area contributed by atoms with Gasteiger partial charge in [-0.15, -0.1) is 12.4 Å². The third kappa shape index (κ3) is 7.34. The van der Waals surface area contributed by atoms with Crippen molar-refractivity contribution >= 4 is 24.2 Å². The van der Waals surface area contributed by atoms with Crippen molar-refractivity contribution in [3.8, 4) is 5.75 Å². The Labute approximate surface area is 165 Å². The topological polar surface area (TPSA) is 93.5 Å². The number of hydrogen-bond donors (Lipinski definition) is 3. The second-order valence-corrected chi connectivity index (χ2v) is 7.22. The van der Waals surface area contributed by atoms with Crippen LogP contribution >= 0.6 is 12.4 Å². The Morgan fingerprint density at radius 2 is 1.96 bits per heavy atom. The summed E-state index contributed by atoms with van der Waals surface area (Å²) in [6.07, 6.45) is 2.28. The highest BCUT2D eigenvalue weighted by atomic mass is 35.5. The van der Waals surface area contributed by atoms with Crippen LogP contribution in [0.25, 0.3) is 0 Å². The Bertz CT molecular complexity index is 653. The summed E-state index contributed by atoms with van der Waals surface area (Å²) >= 11 is 0. The lowest BCUT2D eigenvalue weighted by molar-refractivity contribution is -0.127. The summed E-state index contributed by atoms with van der Waals surface area (Å²) in [5, 5.41) is 5.23. The van der Waals surface area contributed by atoms with Crippen molar-refractivity contribution in [2.75, 3.05) is 13.2 Å². The molecule has 6 nitrogen and oxygen atoms in total. The van der Waals surface area contributed by atoms with Crippen molar-refractivity contribution < 1.29 is 18.7 Å². The highest BCUT2D eigenvalue weighted by molar-refractivity contribution is 5.87. The van der Waals surface area contributed by atoms with Gasteiger partial charge in [0.05, 0.1) is 25.2 Å². The largest absolute Gasteiger partial charge is 0.490 e. The predicted molar refractivity (Wildman–Crippen MR) is 104 cm³/mol. The number of halogens is 2. The van der Waals surface area contributed by atoms with Gasteiger partial charge in [-0.25, -0.2) is 4.39 Å². The van der Waals surface area contributed by atoms with Crippen molar-refractivity contribution in [3.63, 3.8) is 0 Å². The molecule has 0 spiro atoms. The summed E-state index contributed by atoms with van der Waals surface area (Å²) in [5.74, 6) is -0.413. The molecule has 0 heterocycles. The van der Waals surface area contributed by atoms with Gasteiger partial charge in [0.2, 0.25) is 11.8 Å². The van der Waals surface area contributed by atoms with Crippen LogP contribution in [0.15, 0.2) is 18.2 Å². The summed E-state index contributed by atoms with van der Waals surface area (Å²) in [4.78, 5) is 23.7. The molecule has 0 saturated heterocycles. The van der Waals surface area contributed by atoms with Gasteiger partial charge < -0.3 is 21.1 Å². The maximum atomic E-state index is 14.1. The lowest BCUT2D eigenvalue weighted by Gasteiger charge is -2.18. The molecule has 1 fully saturated rings. The van der Waals surface area contributed by atoms with Crippen molar-refractivity contribution in [2.24, 2.45) is 17.6 Å². The van der Waals surface area contributed by atoms with Gasteiger partial charge in [-0.2, -0.15) is 0 Å². The normalized spacial score (nSPS) is 15.5. The lowest BCUT2D eigenvalue weighted by atomic mass is 10.1. The SMILES string of the molecule is CC(NC(=O)CNC(=O)[C@@H](N)C(C)C)c1ccc(OCC2CC2)c(F)c1.Cl. The molecule has 4 N–H and O–H groups in total. The van der Waals surface area contributed by atoms with E-state index in [1.807, 2.05) is 13.8 Å². The van der Waals surface area contributed by atoms with E-state index in [1.54, 1.807) is 19.1 Å². The van der Waals surface area contributed by atoms with Crippen LogP contribution in [0.5, 0.6) is 5.75 Å². The Kier molecular flexibility index (Phi) is 8.99. The molecule has 1 aromatic carbocycles. The maximum absolute atomic E-state index is 14.1. The average molecular weight is 402 g/mol. The second-order valence-electron chi connectivity index (χ2n) is 7.22. The third-order valence-electron chi connectivity index (χ3n) is 4.45. The van der Waals surface area contributed by atoms with Crippen molar-refractivity contribution in [2.45, 2.75) is 45.7 Å². The van der Waals surface area contributed by atoms with Gasteiger partial charge in [-0.05, 0) is 49.3 Å². The Morgan fingerprint density at radius 1 is 1.30 bits per heavy atom. The second kappa shape index (κ2) is 10.5. The van der Waals surface area contributed by atoms with Crippen LogP contribution in [0.4, 0.5) is 4.39 Å². The molecule has 1 aliphatic carbocycles. The number of carbonyl (C=O) groups excluding carboxylic acids is 2. The number of nitrogens with two attached hydrogens (primary N) is 1. The first-order valence-corrected chi connectivity index (χ1v) is 9.02. The molecule has 1 unspecified atom stereocenters. The number of nitrogens with one attached hydrogen (secondary N) is 2. The number of benzene rings is 1. The average Bonchev–Trinajstić information content (AvgIpc) is 3.42. The fourth-order valence-corrected chi connectivity index (χ4v) is 2.36. The van der Waals surface area contributed by atoms with E-state index in [9.17, 15) is 14.0 Å². The molecule has 2 atom stereocenters. The molecule has 1 aromatic rings. The molecule has 8 heteroatoms. The van der Waals surface area contributed by atoms with Crippen molar-refractivity contribution in [3.05, 3.63) is 29.6 Å². The fourth-order valence-electron chi connectivity index (χ4n) is 2.36. The number of hydrogen-bond acceptors (Lipinski definition) is 4. The molecule has 0 aromatic heterocycles. The Morgan fingerprint density at radius 3 is 2.52 bits per heavy atom. The third-order valence-corrected chi connectivity index (χ3v) is 4.45. The van der Waals surface area contributed by atoms with Gasteiger partial charge >= 0.3 is 0 Å². The molecule has 1 saturated carbocycles. The van der Waals surface area contributed by atoms with Crippen LogP contribution in [0, 0.1) is 17.7 Å². The summed E-state index contributed by atoms with van der Waals surface area (Å²) in [6.45, 7) is 5.78. The zero-order chi connectivity index (χ0) is 19.3. The van der Waals surface area contributed by atoms with E-state index in [1.165, 1.54) is 6.07 Å². The van der Waals surface area contributed by atoms with Crippen LogP contribution in [-0.2, 0) is 9.59 Å². The molecule has 2 amide bonds. The Hall–Kier alpha value is -1.86. The molecule has 152 valence electrons.